The molecule has 5 rings (SSSR count). The number of hydrogen-bond donors (Lipinski definition) is 3. The van der Waals surface area contributed by atoms with Gasteiger partial charge in [0.05, 0.1) is 38.1 Å². The lowest BCUT2D eigenvalue weighted by molar-refractivity contribution is 0.479. The number of fused-ring (bicyclic) bond motifs is 1. The lowest BCUT2D eigenvalue weighted by Gasteiger charge is -2.41. The molecule has 0 aliphatic carbocycles. The Balaban J connectivity index is 1.37. The Morgan fingerprint density at radius 1 is 0.971 bits per heavy atom. The molecule has 0 saturated carbocycles. The van der Waals surface area contributed by atoms with Crippen molar-refractivity contribution >= 4 is 62.0 Å². The predicted molar refractivity (Wildman–Crippen MR) is 140 cm³/mol. The highest BCUT2D eigenvalue weighted by molar-refractivity contribution is 8.24. The van der Waals surface area contributed by atoms with E-state index in [1.165, 1.54) is 10.8 Å². The zero-order valence-corrected chi connectivity index (χ0v) is 20.2. The van der Waals surface area contributed by atoms with Crippen LogP contribution in [0.1, 0.15) is 0 Å². The number of aromatic nitrogens is 3. The van der Waals surface area contributed by atoms with Crippen LogP contribution in [0.25, 0.3) is 16.6 Å². The van der Waals surface area contributed by atoms with Crippen LogP contribution in [0.4, 0.5) is 17.3 Å². The molecule has 0 spiro atoms. The van der Waals surface area contributed by atoms with Crippen LogP contribution in [0, 0.1) is 0 Å². The first-order valence-electron chi connectivity index (χ1n) is 10.5. The molecule has 2 aromatic carbocycles. The summed E-state index contributed by atoms with van der Waals surface area (Å²) in [4.78, 5) is 24.0. The van der Waals surface area contributed by atoms with Gasteiger partial charge in [0.25, 0.3) is 5.56 Å². The molecule has 4 aromatic rings. The Kier molecular flexibility index (Phi) is 6.13. The second-order valence-corrected chi connectivity index (χ2v) is 11.2. The number of nitrogens with one attached hydrogen (secondary N) is 1. The minimum absolute atomic E-state index is 0.318. The second-order valence-electron chi connectivity index (χ2n) is 7.92. The Labute approximate surface area is 207 Å². The summed E-state index contributed by atoms with van der Waals surface area (Å²) < 4.78 is 21.0. The fraction of sp³-hybridized carbons (Fsp3) is 0.174. The molecule has 11 heteroatoms. The molecule has 0 unspecified atom stereocenters. The molecule has 8 nitrogen and oxygen atoms in total. The van der Waals surface area contributed by atoms with Crippen LogP contribution in [0.5, 0.6) is 0 Å². The van der Waals surface area contributed by atoms with Crippen molar-refractivity contribution in [2.24, 2.45) is 0 Å². The van der Waals surface area contributed by atoms with E-state index >= 15 is 0 Å². The number of benzene rings is 2. The average molecular weight is 518 g/mol. The van der Waals surface area contributed by atoms with Crippen molar-refractivity contribution in [2.45, 2.75) is 0 Å². The van der Waals surface area contributed by atoms with E-state index in [4.69, 9.17) is 23.2 Å². The molecule has 0 atom stereocenters. The van der Waals surface area contributed by atoms with Crippen molar-refractivity contribution in [1.82, 2.24) is 14.5 Å². The highest BCUT2D eigenvalue weighted by Crippen LogP contribution is 2.41. The Hall–Kier alpha value is -2.82. The Morgan fingerprint density at radius 3 is 2.32 bits per heavy atom. The number of halogens is 2. The monoisotopic (exact) mass is 517 g/mol. The molecule has 1 aliphatic rings. The van der Waals surface area contributed by atoms with Crippen LogP contribution in [0.2, 0.25) is 10.0 Å². The summed E-state index contributed by atoms with van der Waals surface area (Å²) >= 11 is 12.5. The molecule has 0 bridgehead atoms. The van der Waals surface area contributed by atoms with Gasteiger partial charge in [-0.2, -0.15) is 10.6 Å². The zero-order valence-electron chi connectivity index (χ0n) is 17.9. The van der Waals surface area contributed by atoms with Crippen LogP contribution in [-0.2, 0) is 0 Å². The van der Waals surface area contributed by atoms with Gasteiger partial charge in [-0.1, -0.05) is 29.3 Å². The minimum atomic E-state index is -2.42. The summed E-state index contributed by atoms with van der Waals surface area (Å²) in [7, 11) is -2.42. The SMILES string of the molecule is O=c1c2cnc(Nc3ccc(N4CCS(O)(O)CC4)cc3)nc2ccn1-c1c(Cl)cccc1Cl. The average Bonchev–Trinajstić information content (AvgIpc) is 2.81. The summed E-state index contributed by atoms with van der Waals surface area (Å²) in [6.07, 6.45) is 3.08. The number of para-hydroxylation sites is 1. The van der Waals surface area contributed by atoms with Crippen molar-refractivity contribution < 1.29 is 9.11 Å². The molecule has 1 saturated heterocycles. The van der Waals surface area contributed by atoms with Crippen molar-refractivity contribution in [1.29, 1.82) is 0 Å². The summed E-state index contributed by atoms with van der Waals surface area (Å²) in [5.74, 6) is 1.14. The van der Waals surface area contributed by atoms with Gasteiger partial charge >= 0.3 is 0 Å². The van der Waals surface area contributed by atoms with E-state index in [9.17, 15) is 13.9 Å². The van der Waals surface area contributed by atoms with Crippen LogP contribution >= 0.6 is 33.8 Å². The first-order chi connectivity index (χ1) is 16.3. The summed E-state index contributed by atoms with van der Waals surface area (Å²) in [5.41, 5.74) is 2.39. The first kappa shape index (κ1) is 22.9. The summed E-state index contributed by atoms with van der Waals surface area (Å²) in [5, 5.41) is 4.24. The van der Waals surface area contributed by atoms with E-state index in [0.717, 1.165) is 11.4 Å². The fourth-order valence-corrected chi connectivity index (χ4v) is 5.66. The van der Waals surface area contributed by atoms with E-state index in [1.807, 2.05) is 24.3 Å². The molecule has 34 heavy (non-hydrogen) atoms. The fourth-order valence-electron chi connectivity index (χ4n) is 3.85. The molecule has 3 N–H and O–H groups in total. The van der Waals surface area contributed by atoms with Gasteiger partial charge in [0.1, 0.15) is 0 Å². The molecular weight excluding hydrogens is 497 g/mol. The van der Waals surface area contributed by atoms with Gasteiger partial charge in [0.15, 0.2) is 0 Å². The van der Waals surface area contributed by atoms with Crippen LogP contribution < -0.4 is 15.8 Å². The van der Waals surface area contributed by atoms with Crippen LogP contribution in [-0.4, -0.2) is 48.2 Å². The van der Waals surface area contributed by atoms with Gasteiger partial charge in [-0.15, -0.1) is 0 Å². The quantitative estimate of drug-likeness (QED) is 0.332. The third kappa shape index (κ3) is 4.57. The summed E-state index contributed by atoms with van der Waals surface area (Å²) in [6.45, 7) is 1.22. The number of nitrogens with zero attached hydrogens (tertiary/aromatic N) is 4. The predicted octanol–water partition coefficient (Wildman–Crippen LogP) is 5.40. The van der Waals surface area contributed by atoms with Crippen molar-refractivity contribution in [3.8, 4) is 5.69 Å². The molecule has 1 fully saturated rings. The van der Waals surface area contributed by atoms with E-state index in [2.05, 4.69) is 20.2 Å². The lowest BCUT2D eigenvalue weighted by Crippen LogP contribution is -2.38. The van der Waals surface area contributed by atoms with Crippen LogP contribution in [0.3, 0.4) is 0 Å². The topological polar surface area (TPSA) is 104 Å². The standard InChI is InChI=1S/C23H21Cl2N5O3S/c24-18-2-1-3-19(25)21(18)30-9-8-20-17(22(30)31)14-26-23(28-20)27-15-4-6-16(7-5-15)29-10-12-34(32,33)13-11-29/h1-9,14,32-33H,10-13H2,(H,26,27,28). The molecule has 2 aromatic heterocycles. The highest BCUT2D eigenvalue weighted by atomic mass is 35.5. The van der Waals surface area contributed by atoms with Gasteiger partial charge < -0.3 is 10.2 Å². The summed E-state index contributed by atoms with van der Waals surface area (Å²) in [6, 6.07) is 14.5. The minimum Gasteiger partial charge on any atom is -0.368 e. The number of rotatable bonds is 4. The van der Waals surface area contributed by atoms with Gasteiger partial charge in [0.2, 0.25) is 5.95 Å². The maximum absolute atomic E-state index is 13.0. The van der Waals surface area contributed by atoms with Crippen LogP contribution in [0.15, 0.2) is 65.7 Å². The number of hydrogen-bond acceptors (Lipinski definition) is 7. The Bertz CT molecular complexity index is 1400. The smallest absolute Gasteiger partial charge is 0.266 e. The van der Waals surface area contributed by atoms with Crippen molar-refractivity contribution in [2.75, 3.05) is 34.8 Å². The first-order valence-corrected chi connectivity index (χ1v) is 13.1. The maximum atomic E-state index is 13.0. The molecular formula is C23H21Cl2N5O3S. The van der Waals surface area contributed by atoms with E-state index in [1.54, 1.807) is 30.5 Å². The highest BCUT2D eigenvalue weighted by Gasteiger charge is 2.22. The van der Waals surface area contributed by atoms with E-state index in [-0.39, 0.29) is 5.56 Å². The Morgan fingerprint density at radius 2 is 1.65 bits per heavy atom. The molecule has 0 amide bonds. The van der Waals surface area contributed by atoms with Gasteiger partial charge in [0, 0.05) is 36.9 Å². The van der Waals surface area contributed by atoms with Gasteiger partial charge in [-0.25, -0.2) is 9.97 Å². The second kappa shape index (κ2) is 9.09. The lowest BCUT2D eigenvalue weighted by atomic mass is 10.2. The van der Waals surface area contributed by atoms with E-state index < -0.39 is 10.6 Å². The molecule has 176 valence electrons. The van der Waals surface area contributed by atoms with Gasteiger partial charge in [-0.05, 0) is 42.5 Å². The normalized spacial score (nSPS) is 16.4. The largest absolute Gasteiger partial charge is 0.368 e. The number of anilines is 3. The third-order valence-corrected chi connectivity index (χ3v) is 7.97. The molecule has 1 aliphatic heterocycles. The number of pyridine rings is 1. The molecule has 3 heterocycles. The van der Waals surface area contributed by atoms with Crippen molar-refractivity contribution in [3.63, 3.8) is 0 Å². The maximum Gasteiger partial charge on any atom is 0.266 e. The third-order valence-electron chi connectivity index (χ3n) is 5.69. The zero-order chi connectivity index (χ0) is 23.9. The van der Waals surface area contributed by atoms with Crippen molar-refractivity contribution in [3.05, 3.63) is 81.3 Å². The van der Waals surface area contributed by atoms with Gasteiger partial charge in [-0.3, -0.25) is 18.5 Å². The molecule has 0 radical (unpaired) electrons. The van der Waals surface area contributed by atoms with E-state index in [0.29, 0.717) is 57.2 Å².